The first-order valence-corrected chi connectivity index (χ1v) is 9.40. The maximum atomic E-state index is 12.3. The van der Waals surface area contributed by atoms with Crippen molar-refractivity contribution in [2.45, 2.75) is 26.2 Å². The molecule has 0 unspecified atom stereocenters. The second kappa shape index (κ2) is 9.66. The SMILES string of the molecule is COc1ccc(Oc2c(Cl)ccc(C(=O)NCCC(N)=O)c2Cl)cc1C(C)C. The second-order valence-electron chi connectivity index (χ2n) is 6.37. The molecule has 0 saturated carbocycles. The number of nitrogens with one attached hydrogen (secondary N) is 1. The molecule has 0 aliphatic heterocycles. The predicted octanol–water partition coefficient (Wildman–Crippen LogP) is 4.52. The molecule has 0 heterocycles. The molecule has 0 saturated heterocycles. The Bertz CT molecular complexity index is 885. The van der Waals surface area contributed by atoms with Crippen molar-refractivity contribution < 1.29 is 19.1 Å². The number of hydrogen-bond donors (Lipinski definition) is 2. The van der Waals surface area contributed by atoms with E-state index in [4.69, 9.17) is 38.4 Å². The van der Waals surface area contributed by atoms with Gasteiger partial charge >= 0.3 is 0 Å². The van der Waals surface area contributed by atoms with E-state index < -0.39 is 11.8 Å². The highest BCUT2D eigenvalue weighted by Crippen LogP contribution is 2.40. The van der Waals surface area contributed by atoms with Gasteiger partial charge < -0.3 is 20.5 Å². The maximum absolute atomic E-state index is 12.3. The molecular formula is C20H22Cl2N2O4. The summed E-state index contributed by atoms with van der Waals surface area (Å²) >= 11 is 12.6. The molecule has 0 bridgehead atoms. The fourth-order valence-electron chi connectivity index (χ4n) is 2.54. The lowest BCUT2D eigenvalue weighted by Gasteiger charge is -2.16. The van der Waals surface area contributed by atoms with Crippen LogP contribution in [0.1, 0.15) is 42.1 Å². The molecule has 28 heavy (non-hydrogen) atoms. The molecule has 3 N–H and O–H groups in total. The highest BCUT2D eigenvalue weighted by molar-refractivity contribution is 6.39. The zero-order chi connectivity index (χ0) is 20.8. The number of amides is 2. The van der Waals surface area contributed by atoms with Crippen LogP contribution in [0, 0.1) is 0 Å². The van der Waals surface area contributed by atoms with Crippen molar-refractivity contribution in [3.8, 4) is 17.2 Å². The minimum atomic E-state index is -0.507. The van der Waals surface area contributed by atoms with Gasteiger partial charge in [-0.05, 0) is 36.2 Å². The topological polar surface area (TPSA) is 90.7 Å². The van der Waals surface area contributed by atoms with Crippen LogP contribution >= 0.6 is 23.2 Å². The molecule has 8 heteroatoms. The summed E-state index contributed by atoms with van der Waals surface area (Å²) in [7, 11) is 1.61. The average molecular weight is 425 g/mol. The first-order valence-electron chi connectivity index (χ1n) is 8.64. The quantitative estimate of drug-likeness (QED) is 0.651. The monoisotopic (exact) mass is 424 g/mol. The van der Waals surface area contributed by atoms with Gasteiger partial charge in [0.05, 0.1) is 22.7 Å². The molecule has 2 rings (SSSR count). The number of carbonyl (C=O) groups is 2. The Morgan fingerprint density at radius 1 is 1.18 bits per heavy atom. The molecule has 0 aliphatic carbocycles. The minimum absolute atomic E-state index is 0.0319. The summed E-state index contributed by atoms with van der Waals surface area (Å²) in [5.74, 6) is 0.691. The number of ether oxygens (including phenoxy) is 2. The Morgan fingerprint density at radius 2 is 1.89 bits per heavy atom. The predicted molar refractivity (Wildman–Crippen MR) is 110 cm³/mol. The van der Waals surface area contributed by atoms with Crippen molar-refractivity contribution in [2.75, 3.05) is 13.7 Å². The zero-order valence-corrected chi connectivity index (χ0v) is 17.4. The first kappa shape index (κ1) is 21.9. The van der Waals surface area contributed by atoms with Gasteiger partial charge in [0.2, 0.25) is 5.91 Å². The van der Waals surface area contributed by atoms with Crippen LogP contribution in [0.15, 0.2) is 30.3 Å². The minimum Gasteiger partial charge on any atom is -0.496 e. The van der Waals surface area contributed by atoms with E-state index in [0.717, 1.165) is 11.3 Å². The highest BCUT2D eigenvalue weighted by Gasteiger charge is 2.19. The lowest BCUT2D eigenvalue weighted by Crippen LogP contribution is -2.28. The van der Waals surface area contributed by atoms with Crippen LogP contribution < -0.4 is 20.5 Å². The van der Waals surface area contributed by atoms with Gasteiger partial charge in [-0.2, -0.15) is 0 Å². The van der Waals surface area contributed by atoms with Crippen LogP contribution in [0.2, 0.25) is 10.0 Å². The van der Waals surface area contributed by atoms with E-state index in [1.807, 2.05) is 19.9 Å². The molecule has 2 aromatic carbocycles. The molecule has 2 aromatic rings. The number of hydrogen-bond acceptors (Lipinski definition) is 4. The lowest BCUT2D eigenvalue weighted by molar-refractivity contribution is -0.117. The highest BCUT2D eigenvalue weighted by atomic mass is 35.5. The Hall–Kier alpha value is -2.44. The molecule has 0 fully saturated rings. The van der Waals surface area contributed by atoms with Crippen LogP contribution in [-0.4, -0.2) is 25.5 Å². The number of primary amides is 1. The van der Waals surface area contributed by atoms with Crippen LogP contribution in [0.3, 0.4) is 0 Å². The number of methoxy groups -OCH3 is 1. The normalized spacial score (nSPS) is 10.6. The van der Waals surface area contributed by atoms with Gasteiger partial charge in [-0.3, -0.25) is 9.59 Å². The fourth-order valence-corrected chi connectivity index (χ4v) is 3.07. The van der Waals surface area contributed by atoms with Gasteiger partial charge in [-0.15, -0.1) is 0 Å². The van der Waals surface area contributed by atoms with Crippen LogP contribution in [-0.2, 0) is 4.79 Å². The zero-order valence-electron chi connectivity index (χ0n) is 15.8. The van der Waals surface area contributed by atoms with E-state index in [2.05, 4.69) is 5.32 Å². The summed E-state index contributed by atoms with van der Waals surface area (Å²) in [6.07, 6.45) is 0.0319. The standard InChI is InChI=1S/C20H22Cl2N2O4/c1-11(2)14-10-12(4-7-16(14)27-3)28-19-15(21)6-5-13(18(19)22)20(26)24-9-8-17(23)25/h4-7,10-11H,8-9H2,1-3H3,(H2,23,25)(H,24,26). The Labute approximate surface area is 173 Å². The van der Waals surface area contributed by atoms with E-state index in [9.17, 15) is 9.59 Å². The van der Waals surface area contributed by atoms with E-state index in [-0.39, 0.29) is 40.2 Å². The molecule has 0 aliphatic rings. The van der Waals surface area contributed by atoms with Gasteiger partial charge in [0.15, 0.2) is 5.75 Å². The summed E-state index contributed by atoms with van der Waals surface area (Å²) in [6, 6.07) is 8.39. The van der Waals surface area contributed by atoms with Gasteiger partial charge in [0, 0.05) is 18.5 Å². The van der Waals surface area contributed by atoms with Crippen molar-refractivity contribution in [1.82, 2.24) is 5.32 Å². The molecule has 0 aromatic heterocycles. The number of benzene rings is 2. The van der Waals surface area contributed by atoms with Crippen LogP contribution in [0.25, 0.3) is 0 Å². The molecule has 0 radical (unpaired) electrons. The van der Waals surface area contributed by atoms with Crippen LogP contribution in [0.5, 0.6) is 17.2 Å². The Kier molecular flexibility index (Phi) is 7.54. The molecule has 150 valence electrons. The second-order valence-corrected chi connectivity index (χ2v) is 7.16. The van der Waals surface area contributed by atoms with Crippen molar-refractivity contribution in [1.29, 1.82) is 0 Å². The lowest BCUT2D eigenvalue weighted by atomic mass is 10.0. The molecule has 2 amide bonds. The number of halogens is 2. The van der Waals surface area contributed by atoms with E-state index in [0.29, 0.717) is 5.75 Å². The van der Waals surface area contributed by atoms with E-state index in [1.165, 1.54) is 12.1 Å². The van der Waals surface area contributed by atoms with Gasteiger partial charge in [-0.1, -0.05) is 37.0 Å². The average Bonchev–Trinajstić information content (AvgIpc) is 2.64. The third kappa shape index (κ3) is 5.30. The Balaban J connectivity index is 2.30. The third-order valence-corrected chi connectivity index (χ3v) is 4.67. The van der Waals surface area contributed by atoms with E-state index in [1.54, 1.807) is 19.2 Å². The van der Waals surface area contributed by atoms with Crippen LogP contribution in [0.4, 0.5) is 0 Å². The summed E-state index contributed by atoms with van der Waals surface area (Å²) in [6.45, 7) is 4.19. The summed E-state index contributed by atoms with van der Waals surface area (Å²) < 4.78 is 11.3. The molecule has 6 nitrogen and oxygen atoms in total. The fraction of sp³-hybridized carbons (Fsp3) is 0.300. The third-order valence-electron chi connectivity index (χ3n) is 3.99. The largest absolute Gasteiger partial charge is 0.496 e. The first-order chi connectivity index (χ1) is 13.2. The summed E-state index contributed by atoms with van der Waals surface area (Å²) in [5, 5.41) is 2.92. The number of carbonyl (C=O) groups excluding carboxylic acids is 2. The van der Waals surface area contributed by atoms with E-state index >= 15 is 0 Å². The smallest absolute Gasteiger partial charge is 0.252 e. The number of rotatable bonds is 8. The Morgan fingerprint density at radius 3 is 2.50 bits per heavy atom. The van der Waals surface area contributed by atoms with Crippen molar-refractivity contribution in [3.05, 3.63) is 51.5 Å². The molecule has 0 atom stereocenters. The summed E-state index contributed by atoms with van der Waals surface area (Å²) in [5.41, 5.74) is 6.22. The number of nitrogens with two attached hydrogens (primary N) is 1. The van der Waals surface area contributed by atoms with Gasteiger partial charge in [-0.25, -0.2) is 0 Å². The van der Waals surface area contributed by atoms with Crippen molar-refractivity contribution >= 4 is 35.0 Å². The van der Waals surface area contributed by atoms with Crippen molar-refractivity contribution in [3.63, 3.8) is 0 Å². The molecule has 0 spiro atoms. The van der Waals surface area contributed by atoms with Crippen molar-refractivity contribution in [2.24, 2.45) is 5.73 Å². The molecular weight excluding hydrogens is 403 g/mol. The van der Waals surface area contributed by atoms with Gasteiger partial charge in [0.25, 0.3) is 5.91 Å². The summed E-state index contributed by atoms with van der Waals surface area (Å²) in [4.78, 5) is 23.1. The van der Waals surface area contributed by atoms with Gasteiger partial charge in [0.1, 0.15) is 11.5 Å². The maximum Gasteiger partial charge on any atom is 0.252 e.